The number of para-hydroxylation sites is 2. The number of likely N-dealkylation sites (tertiary alicyclic amines) is 1. The molecule has 6 nitrogen and oxygen atoms in total. The molecule has 1 aromatic heterocycles. The molecule has 2 aliphatic heterocycles. The number of hydrogen-bond donors (Lipinski definition) is 3. The highest BCUT2D eigenvalue weighted by atomic mass is 19.1. The molecule has 3 N–H and O–H groups in total. The van der Waals surface area contributed by atoms with Crippen molar-refractivity contribution in [3.8, 4) is 5.88 Å². The first kappa shape index (κ1) is 23.4. The molecule has 1 fully saturated rings. The first-order valence-electron chi connectivity index (χ1n) is 12.9. The molecule has 0 radical (unpaired) electrons. The minimum absolute atomic E-state index is 0.00763. The second-order valence-electron chi connectivity index (χ2n) is 9.84. The number of aromatic amines is 1. The zero-order valence-corrected chi connectivity index (χ0v) is 21.1. The molecule has 188 valence electrons. The zero-order valence-electron chi connectivity index (χ0n) is 21.1. The number of piperidine rings is 1. The van der Waals surface area contributed by atoms with Crippen LogP contribution in [0.25, 0.3) is 16.5 Å². The van der Waals surface area contributed by atoms with Crippen molar-refractivity contribution in [1.82, 2.24) is 9.88 Å². The number of benzene rings is 3. The molecule has 6 rings (SSSR count). The first-order chi connectivity index (χ1) is 18.0. The Morgan fingerprint density at radius 2 is 1.78 bits per heavy atom. The molecular formula is C30H30FN5O. The van der Waals surface area contributed by atoms with Crippen molar-refractivity contribution in [2.45, 2.75) is 32.7 Å². The molecule has 1 saturated heterocycles. The summed E-state index contributed by atoms with van der Waals surface area (Å²) < 4.78 is 14.8. The maximum Gasteiger partial charge on any atom is 0.197 e. The van der Waals surface area contributed by atoms with Crippen LogP contribution in [0.3, 0.4) is 0 Å². The quantitative estimate of drug-likeness (QED) is 0.369. The highest BCUT2D eigenvalue weighted by Gasteiger charge is 2.24. The highest BCUT2D eigenvalue weighted by molar-refractivity contribution is 6.01. The largest absolute Gasteiger partial charge is 0.494 e. The van der Waals surface area contributed by atoms with Crippen molar-refractivity contribution in [3.05, 3.63) is 99.7 Å². The Hall–Kier alpha value is -3.97. The second kappa shape index (κ2) is 9.48. The number of halogens is 1. The van der Waals surface area contributed by atoms with Gasteiger partial charge in [-0.3, -0.25) is 0 Å². The Balaban J connectivity index is 1.49. The van der Waals surface area contributed by atoms with Gasteiger partial charge in [0.2, 0.25) is 0 Å². The Morgan fingerprint density at radius 1 is 1.05 bits per heavy atom. The number of nitrogens with one attached hydrogen (secondary N) is 2. The third kappa shape index (κ3) is 4.40. The number of anilines is 1. The van der Waals surface area contributed by atoms with Gasteiger partial charge in [0.05, 0.1) is 16.3 Å². The van der Waals surface area contributed by atoms with Crippen molar-refractivity contribution in [2.24, 2.45) is 9.98 Å². The molecule has 2 aliphatic rings. The Morgan fingerprint density at radius 3 is 2.46 bits per heavy atom. The van der Waals surface area contributed by atoms with Crippen LogP contribution in [0.1, 0.15) is 36.5 Å². The summed E-state index contributed by atoms with van der Waals surface area (Å²) in [5, 5.41) is 17.2. The molecule has 0 aliphatic carbocycles. The van der Waals surface area contributed by atoms with E-state index in [4.69, 9.17) is 9.98 Å². The number of nitrogens with zero attached hydrogens (tertiary/aromatic N) is 3. The number of fused-ring (bicyclic) bond motifs is 2. The van der Waals surface area contributed by atoms with E-state index in [1.165, 1.54) is 6.07 Å². The Bertz CT molecular complexity index is 1610. The summed E-state index contributed by atoms with van der Waals surface area (Å²) in [6, 6.07) is 19.2. The molecule has 0 saturated carbocycles. The van der Waals surface area contributed by atoms with Gasteiger partial charge >= 0.3 is 0 Å². The average Bonchev–Trinajstić information content (AvgIpc) is 3.47. The van der Waals surface area contributed by atoms with Gasteiger partial charge in [0.15, 0.2) is 11.7 Å². The van der Waals surface area contributed by atoms with Gasteiger partial charge in [0.25, 0.3) is 0 Å². The third-order valence-electron chi connectivity index (χ3n) is 7.45. The predicted molar refractivity (Wildman–Crippen MR) is 145 cm³/mol. The van der Waals surface area contributed by atoms with Crippen LogP contribution in [0.2, 0.25) is 0 Å². The van der Waals surface area contributed by atoms with E-state index in [9.17, 15) is 9.50 Å². The summed E-state index contributed by atoms with van der Waals surface area (Å²) in [5.74, 6) is 0.144. The molecule has 4 aromatic rings. The standard InChI is InChI=1S/C30H30FN5O/c1-3-36-14-12-20(13-15-36)32-21-10-11-24-22(17-21)28(30(37)35-24)27(19-9-8-18(2)23(31)16-19)29-33-25-6-4-5-7-26(25)34-29/h4-11,16-17,20,32,35,37H,3,12-15H2,1-2H3. The molecule has 37 heavy (non-hydrogen) atoms. The average molecular weight is 496 g/mol. The molecule has 3 aromatic carbocycles. The maximum absolute atomic E-state index is 14.8. The van der Waals surface area contributed by atoms with Crippen molar-refractivity contribution in [2.75, 3.05) is 25.0 Å². The molecule has 0 spiro atoms. The lowest BCUT2D eigenvalue weighted by Gasteiger charge is -2.32. The van der Waals surface area contributed by atoms with Crippen LogP contribution in [0.4, 0.5) is 10.1 Å². The minimum atomic E-state index is -0.314. The summed E-state index contributed by atoms with van der Waals surface area (Å²) in [6.07, 6.45) is 2.18. The molecule has 0 bridgehead atoms. The van der Waals surface area contributed by atoms with Crippen LogP contribution < -0.4 is 16.0 Å². The number of aryl methyl sites for hydroxylation is 1. The van der Waals surface area contributed by atoms with Gasteiger partial charge in [-0.25, -0.2) is 14.4 Å². The van der Waals surface area contributed by atoms with Crippen LogP contribution in [0, 0.1) is 12.7 Å². The monoisotopic (exact) mass is 495 g/mol. The van der Waals surface area contributed by atoms with Crippen LogP contribution in [0.5, 0.6) is 5.88 Å². The lowest BCUT2D eigenvalue weighted by Crippen LogP contribution is -2.38. The van der Waals surface area contributed by atoms with Gasteiger partial charge < -0.3 is 20.3 Å². The Labute approximate surface area is 214 Å². The fourth-order valence-electron chi connectivity index (χ4n) is 5.30. The van der Waals surface area contributed by atoms with Gasteiger partial charge in [0.1, 0.15) is 5.82 Å². The number of H-pyrrole nitrogens is 1. The maximum atomic E-state index is 14.8. The molecule has 7 heteroatoms. The third-order valence-corrected chi connectivity index (χ3v) is 7.45. The van der Waals surface area contributed by atoms with E-state index in [0.717, 1.165) is 59.8 Å². The number of aromatic hydroxyl groups is 1. The zero-order chi connectivity index (χ0) is 25.5. The van der Waals surface area contributed by atoms with Crippen LogP contribution in [-0.2, 0) is 0 Å². The van der Waals surface area contributed by atoms with Crippen LogP contribution in [0.15, 0.2) is 76.5 Å². The van der Waals surface area contributed by atoms with E-state index < -0.39 is 0 Å². The van der Waals surface area contributed by atoms with Crippen molar-refractivity contribution in [3.63, 3.8) is 0 Å². The summed E-state index contributed by atoms with van der Waals surface area (Å²) in [4.78, 5) is 15.1. The molecular weight excluding hydrogens is 465 g/mol. The molecule has 0 unspecified atom stereocenters. The minimum Gasteiger partial charge on any atom is -0.494 e. The molecule has 0 atom stereocenters. The van der Waals surface area contributed by atoms with Crippen LogP contribution >= 0.6 is 0 Å². The highest BCUT2D eigenvalue weighted by Crippen LogP contribution is 2.40. The summed E-state index contributed by atoms with van der Waals surface area (Å²) in [6.45, 7) is 7.20. The van der Waals surface area contributed by atoms with E-state index in [0.29, 0.717) is 34.1 Å². The lowest BCUT2D eigenvalue weighted by atomic mass is 9.95. The van der Waals surface area contributed by atoms with E-state index in [1.807, 2.05) is 42.5 Å². The fraction of sp³-hybridized carbons (Fsp3) is 0.267. The number of aromatic nitrogens is 1. The van der Waals surface area contributed by atoms with Gasteiger partial charge in [-0.1, -0.05) is 31.2 Å². The second-order valence-corrected chi connectivity index (χ2v) is 9.84. The van der Waals surface area contributed by atoms with Crippen LogP contribution in [-0.4, -0.2) is 40.7 Å². The van der Waals surface area contributed by atoms with E-state index in [-0.39, 0.29) is 11.7 Å². The molecule has 3 heterocycles. The Kier molecular flexibility index (Phi) is 6.00. The molecule has 0 amide bonds. The van der Waals surface area contributed by atoms with E-state index in [2.05, 4.69) is 28.2 Å². The lowest BCUT2D eigenvalue weighted by molar-refractivity contribution is 0.229. The first-order valence-corrected chi connectivity index (χ1v) is 12.9. The van der Waals surface area contributed by atoms with Gasteiger partial charge in [-0.05, 0) is 73.8 Å². The topological polar surface area (TPSA) is 76.0 Å². The number of rotatable bonds is 5. The van der Waals surface area contributed by atoms with Crippen molar-refractivity contribution in [1.29, 1.82) is 0 Å². The number of hydrogen-bond acceptors (Lipinski definition) is 5. The predicted octanol–water partition coefficient (Wildman–Crippen LogP) is 4.89. The van der Waals surface area contributed by atoms with Crippen molar-refractivity contribution >= 4 is 22.2 Å². The fourth-order valence-corrected chi connectivity index (χ4v) is 5.30. The SMILES string of the molecule is CCN1CCC(Nc2ccc3[nH]c(O)c(C(=C4N=c5ccccc5=N4)c4ccc(C)c(F)c4)c3c2)CC1. The van der Waals surface area contributed by atoms with Gasteiger partial charge in [-0.15, -0.1) is 0 Å². The summed E-state index contributed by atoms with van der Waals surface area (Å²) >= 11 is 0. The van der Waals surface area contributed by atoms with Crippen molar-refractivity contribution < 1.29 is 9.50 Å². The normalized spacial score (nSPS) is 15.9. The van der Waals surface area contributed by atoms with Gasteiger partial charge in [-0.2, -0.15) is 0 Å². The smallest absolute Gasteiger partial charge is 0.197 e. The van der Waals surface area contributed by atoms with Gasteiger partial charge in [0, 0.05) is 41.3 Å². The van der Waals surface area contributed by atoms with E-state index >= 15 is 0 Å². The van der Waals surface area contributed by atoms with E-state index in [1.54, 1.807) is 13.0 Å². The summed E-state index contributed by atoms with van der Waals surface area (Å²) in [5.41, 5.74) is 4.11. The summed E-state index contributed by atoms with van der Waals surface area (Å²) in [7, 11) is 0.